The Morgan fingerprint density at radius 3 is 2.68 bits per heavy atom. The van der Waals surface area contributed by atoms with Gasteiger partial charge >= 0.3 is 0 Å². The van der Waals surface area contributed by atoms with Crippen LogP contribution in [0.1, 0.15) is 45.7 Å². The maximum Gasteiger partial charge on any atom is 0.165 e. The topological polar surface area (TPSA) is 33.4 Å². The van der Waals surface area contributed by atoms with Crippen molar-refractivity contribution in [1.82, 2.24) is 14.4 Å². The summed E-state index contributed by atoms with van der Waals surface area (Å²) < 4.78 is 2.20. The highest BCUT2D eigenvalue weighted by Crippen LogP contribution is 2.37. The third-order valence-electron chi connectivity index (χ3n) is 5.65. The van der Waals surface area contributed by atoms with Crippen molar-refractivity contribution in [1.29, 1.82) is 0 Å². The molecule has 1 aliphatic rings. The number of halogens is 2. The van der Waals surface area contributed by atoms with Crippen molar-refractivity contribution in [2.24, 2.45) is 5.92 Å². The van der Waals surface area contributed by atoms with Crippen LogP contribution in [0.5, 0.6) is 0 Å². The molecule has 2 aromatic heterocycles. The van der Waals surface area contributed by atoms with E-state index in [1.54, 1.807) is 6.07 Å². The van der Waals surface area contributed by atoms with Gasteiger partial charge in [0.25, 0.3) is 0 Å². The number of anilines is 1. The maximum absolute atomic E-state index is 6.49. The van der Waals surface area contributed by atoms with E-state index in [1.165, 1.54) is 18.7 Å². The Kier molecular flexibility index (Phi) is 5.52. The van der Waals surface area contributed by atoms with E-state index < -0.39 is 0 Å². The summed E-state index contributed by atoms with van der Waals surface area (Å²) in [5.41, 5.74) is 3.61. The third-order valence-corrected chi connectivity index (χ3v) is 6.20. The van der Waals surface area contributed by atoms with Gasteiger partial charge in [0.1, 0.15) is 11.5 Å². The number of fused-ring (bicyclic) bond motifs is 1. The third kappa shape index (κ3) is 3.60. The molecule has 148 valence electrons. The Bertz CT molecular complexity index is 994. The number of aryl methyl sites for hydroxylation is 1. The van der Waals surface area contributed by atoms with E-state index in [0.29, 0.717) is 16.1 Å². The lowest BCUT2D eigenvalue weighted by Crippen LogP contribution is -2.36. The van der Waals surface area contributed by atoms with Crippen molar-refractivity contribution in [3.05, 3.63) is 46.3 Å². The minimum Gasteiger partial charge on any atom is -0.353 e. The maximum atomic E-state index is 6.49. The zero-order chi connectivity index (χ0) is 19.8. The highest BCUT2D eigenvalue weighted by atomic mass is 35.5. The van der Waals surface area contributed by atoms with Gasteiger partial charge < -0.3 is 4.90 Å². The fourth-order valence-corrected chi connectivity index (χ4v) is 4.20. The molecule has 3 aromatic rings. The van der Waals surface area contributed by atoms with Crippen LogP contribution in [0.15, 0.2) is 30.6 Å². The molecule has 28 heavy (non-hydrogen) atoms. The second-order valence-corrected chi connectivity index (χ2v) is 8.53. The number of nitrogens with zero attached hydrogens (tertiary/aromatic N) is 4. The van der Waals surface area contributed by atoms with Crippen LogP contribution in [0.2, 0.25) is 10.0 Å². The van der Waals surface area contributed by atoms with Crippen LogP contribution in [0, 0.1) is 5.92 Å². The fraction of sp³-hybridized carbons (Fsp3) is 0.455. The molecular formula is C22H26Cl2N4. The van der Waals surface area contributed by atoms with Gasteiger partial charge in [-0.05, 0) is 56.7 Å². The summed E-state index contributed by atoms with van der Waals surface area (Å²) in [6, 6.07) is 5.98. The van der Waals surface area contributed by atoms with Crippen LogP contribution in [0.4, 0.5) is 5.82 Å². The molecule has 0 amide bonds. The molecule has 0 spiro atoms. The van der Waals surface area contributed by atoms with Gasteiger partial charge in [0, 0.05) is 35.6 Å². The lowest BCUT2D eigenvalue weighted by Gasteiger charge is -2.31. The zero-order valence-corrected chi connectivity index (χ0v) is 18.1. The summed E-state index contributed by atoms with van der Waals surface area (Å²) in [5.74, 6) is 2.00. The van der Waals surface area contributed by atoms with Crippen molar-refractivity contribution < 1.29 is 0 Å². The number of hydrogen-bond acceptors (Lipinski definition) is 3. The second kappa shape index (κ2) is 7.92. The Hall–Kier alpha value is -1.78. The zero-order valence-electron chi connectivity index (χ0n) is 16.6. The summed E-state index contributed by atoms with van der Waals surface area (Å²) in [6.07, 6.45) is 8.50. The highest BCUT2D eigenvalue weighted by Gasteiger charge is 2.30. The van der Waals surface area contributed by atoms with Crippen molar-refractivity contribution in [2.45, 2.75) is 52.5 Å². The number of rotatable bonds is 7. The molecule has 0 aliphatic heterocycles. The Morgan fingerprint density at radius 1 is 1.25 bits per heavy atom. The molecule has 0 N–H and O–H groups in total. The van der Waals surface area contributed by atoms with Gasteiger partial charge in [-0.15, -0.1) is 0 Å². The van der Waals surface area contributed by atoms with Crippen molar-refractivity contribution in [2.75, 3.05) is 11.4 Å². The van der Waals surface area contributed by atoms with E-state index >= 15 is 0 Å². The van der Waals surface area contributed by atoms with Gasteiger partial charge in [-0.3, -0.25) is 9.38 Å². The molecule has 4 nitrogen and oxygen atoms in total. The normalized spacial score (nSPS) is 15.2. The number of aromatic nitrogens is 3. The van der Waals surface area contributed by atoms with E-state index in [2.05, 4.69) is 35.1 Å². The molecule has 1 aromatic carbocycles. The first-order valence-electron chi connectivity index (χ1n) is 10.1. The Morgan fingerprint density at radius 2 is 2.04 bits per heavy atom. The molecule has 0 bridgehead atoms. The second-order valence-electron chi connectivity index (χ2n) is 7.68. The Labute approximate surface area is 176 Å². The quantitative estimate of drug-likeness (QED) is 0.454. The minimum atomic E-state index is 0.460. The first kappa shape index (κ1) is 19.5. The van der Waals surface area contributed by atoms with Crippen LogP contribution in [-0.2, 0) is 6.42 Å². The van der Waals surface area contributed by atoms with Crippen LogP contribution in [0.25, 0.3) is 16.9 Å². The van der Waals surface area contributed by atoms with Gasteiger partial charge in [0.05, 0.1) is 10.7 Å². The van der Waals surface area contributed by atoms with Gasteiger partial charge in [-0.2, -0.15) is 0 Å². The average Bonchev–Trinajstić information content (AvgIpc) is 3.43. The molecule has 1 unspecified atom stereocenters. The first-order chi connectivity index (χ1) is 13.5. The number of imidazole rings is 1. The van der Waals surface area contributed by atoms with Crippen LogP contribution >= 0.6 is 23.2 Å². The van der Waals surface area contributed by atoms with E-state index in [0.717, 1.165) is 47.9 Å². The molecule has 1 fully saturated rings. The monoisotopic (exact) mass is 416 g/mol. The lowest BCUT2D eigenvalue weighted by molar-refractivity contribution is 0.582. The summed E-state index contributed by atoms with van der Waals surface area (Å²) in [4.78, 5) is 12.2. The van der Waals surface area contributed by atoms with Gasteiger partial charge in [-0.25, -0.2) is 4.98 Å². The van der Waals surface area contributed by atoms with E-state index in [9.17, 15) is 0 Å². The highest BCUT2D eigenvalue weighted by molar-refractivity contribution is 6.36. The summed E-state index contributed by atoms with van der Waals surface area (Å²) in [6.45, 7) is 7.81. The molecule has 6 heteroatoms. The molecule has 1 atom stereocenters. The molecule has 0 radical (unpaired) electrons. The van der Waals surface area contributed by atoms with E-state index in [-0.39, 0.29) is 0 Å². The number of hydrogen-bond donors (Lipinski definition) is 0. The number of benzene rings is 1. The van der Waals surface area contributed by atoms with Crippen molar-refractivity contribution >= 4 is 34.7 Å². The smallest absolute Gasteiger partial charge is 0.165 e. The molecule has 4 rings (SSSR count). The average molecular weight is 417 g/mol. The predicted molar refractivity (Wildman–Crippen MR) is 118 cm³/mol. The van der Waals surface area contributed by atoms with E-state index in [4.69, 9.17) is 28.2 Å². The lowest BCUT2D eigenvalue weighted by atomic mass is 10.1. The van der Waals surface area contributed by atoms with Crippen molar-refractivity contribution in [3.63, 3.8) is 0 Å². The largest absolute Gasteiger partial charge is 0.353 e. The SMILES string of the molecule is CCc1nc2c(-c3ccc(Cl)cc3Cl)nccn2c1N(CC1CC1)C(C)CC. The van der Waals surface area contributed by atoms with Gasteiger partial charge in [0.15, 0.2) is 5.65 Å². The van der Waals surface area contributed by atoms with Crippen molar-refractivity contribution in [3.8, 4) is 11.3 Å². The summed E-state index contributed by atoms with van der Waals surface area (Å²) >= 11 is 12.6. The minimum absolute atomic E-state index is 0.460. The predicted octanol–water partition coefficient (Wildman–Crippen LogP) is 6.28. The fourth-order valence-electron chi connectivity index (χ4n) is 3.70. The van der Waals surface area contributed by atoms with Crippen LogP contribution in [-0.4, -0.2) is 27.0 Å². The summed E-state index contributed by atoms with van der Waals surface area (Å²) in [7, 11) is 0. The molecule has 1 saturated carbocycles. The Balaban J connectivity index is 1.90. The molecule has 2 heterocycles. The van der Waals surface area contributed by atoms with Crippen LogP contribution < -0.4 is 4.90 Å². The van der Waals surface area contributed by atoms with E-state index in [1.807, 2.05) is 24.5 Å². The summed E-state index contributed by atoms with van der Waals surface area (Å²) in [5, 5.41) is 1.21. The molecule has 0 saturated heterocycles. The van der Waals surface area contributed by atoms with Gasteiger partial charge in [-0.1, -0.05) is 37.0 Å². The van der Waals surface area contributed by atoms with Gasteiger partial charge in [0.2, 0.25) is 0 Å². The molecule has 1 aliphatic carbocycles. The van der Waals surface area contributed by atoms with Crippen LogP contribution in [0.3, 0.4) is 0 Å². The molecular weight excluding hydrogens is 391 g/mol. The standard InChI is InChI=1S/C22H26Cl2N4/c1-4-14(3)28(13-15-6-7-15)22-19(5-2)26-21-20(25-10-11-27(21)22)17-9-8-16(23)12-18(17)24/h8-12,14-15H,4-7,13H2,1-3H3. The first-order valence-corrected chi connectivity index (χ1v) is 10.9.